The van der Waals surface area contributed by atoms with Gasteiger partial charge >= 0.3 is 6.18 Å². The molecule has 2 N–H and O–H groups in total. The second kappa shape index (κ2) is 4.69. The van der Waals surface area contributed by atoms with Crippen LogP contribution in [-0.4, -0.2) is 14.3 Å². The number of aromatic amines is 1. The summed E-state index contributed by atoms with van der Waals surface area (Å²) in [7, 11) is 0. The van der Waals surface area contributed by atoms with Crippen LogP contribution >= 0.6 is 11.5 Å². The minimum atomic E-state index is -4.59. The Labute approximate surface area is 107 Å². The van der Waals surface area contributed by atoms with E-state index in [1.807, 2.05) is 0 Å². The molecule has 0 unspecified atom stereocenters. The number of nitriles is 1. The molecule has 0 aliphatic heterocycles. The third-order valence-corrected chi connectivity index (χ3v) is 2.78. The summed E-state index contributed by atoms with van der Waals surface area (Å²) in [5, 5.41) is 11.2. The van der Waals surface area contributed by atoms with Gasteiger partial charge in [0.15, 0.2) is 5.56 Å². The maximum absolute atomic E-state index is 12.4. The molecule has 0 saturated carbocycles. The van der Waals surface area contributed by atoms with Crippen LogP contribution in [0.25, 0.3) is 0 Å². The van der Waals surface area contributed by atoms with Gasteiger partial charge in [0.2, 0.25) is 5.95 Å². The normalized spacial score (nSPS) is 11.1. The second-order valence-electron chi connectivity index (χ2n) is 3.24. The lowest BCUT2D eigenvalue weighted by atomic mass is 10.4. The van der Waals surface area contributed by atoms with Crippen LogP contribution in [-0.2, 0) is 6.18 Å². The molecule has 98 valence electrons. The van der Waals surface area contributed by atoms with Gasteiger partial charge in [0, 0.05) is 6.20 Å². The molecule has 0 aromatic carbocycles. The Morgan fingerprint density at radius 3 is 2.84 bits per heavy atom. The van der Waals surface area contributed by atoms with Crippen molar-refractivity contribution in [3.63, 3.8) is 0 Å². The SMILES string of the molecule is N#Cc1c(Nc2nccc(C(F)(F)F)n2)s[nH]c1=O. The maximum atomic E-state index is 12.4. The summed E-state index contributed by atoms with van der Waals surface area (Å²) in [6.45, 7) is 0. The highest BCUT2D eigenvalue weighted by Gasteiger charge is 2.32. The quantitative estimate of drug-likeness (QED) is 0.879. The molecular weight excluding hydrogens is 283 g/mol. The van der Waals surface area contributed by atoms with Crippen LogP contribution in [0.15, 0.2) is 17.1 Å². The first-order valence-corrected chi connectivity index (χ1v) is 5.52. The van der Waals surface area contributed by atoms with Crippen molar-refractivity contribution >= 4 is 22.5 Å². The van der Waals surface area contributed by atoms with Crippen molar-refractivity contribution in [2.75, 3.05) is 5.32 Å². The fraction of sp³-hybridized carbons (Fsp3) is 0.111. The number of aromatic nitrogens is 3. The summed E-state index contributed by atoms with van der Waals surface area (Å²) in [5.41, 5.74) is -1.97. The Morgan fingerprint density at radius 2 is 2.21 bits per heavy atom. The van der Waals surface area contributed by atoms with Gasteiger partial charge in [0.1, 0.15) is 16.8 Å². The predicted molar refractivity (Wildman–Crippen MR) is 60.0 cm³/mol. The van der Waals surface area contributed by atoms with E-state index in [2.05, 4.69) is 19.7 Å². The van der Waals surface area contributed by atoms with Gasteiger partial charge in [-0.25, -0.2) is 9.97 Å². The molecule has 2 heterocycles. The number of hydrogen-bond donors (Lipinski definition) is 2. The van der Waals surface area contributed by atoms with E-state index in [1.165, 1.54) is 0 Å². The third kappa shape index (κ3) is 2.71. The van der Waals surface area contributed by atoms with E-state index in [0.29, 0.717) is 0 Å². The lowest BCUT2D eigenvalue weighted by Gasteiger charge is -2.07. The van der Waals surface area contributed by atoms with Gasteiger partial charge < -0.3 is 5.32 Å². The van der Waals surface area contributed by atoms with Crippen LogP contribution in [0, 0.1) is 11.3 Å². The number of rotatable bonds is 2. The van der Waals surface area contributed by atoms with E-state index in [1.54, 1.807) is 6.07 Å². The van der Waals surface area contributed by atoms with E-state index < -0.39 is 17.4 Å². The van der Waals surface area contributed by atoms with Crippen LogP contribution < -0.4 is 10.9 Å². The van der Waals surface area contributed by atoms with E-state index in [4.69, 9.17) is 5.26 Å². The number of anilines is 2. The van der Waals surface area contributed by atoms with E-state index >= 15 is 0 Å². The van der Waals surface area contributed by atoms with Gasteiger partial charge in [-0.1, -0.05) is 0 Å². The first-order valence-electron chi connectivity index (χ1n) is 4.70. The van der Waals surface area contributed by atoms with E-state index in [9.17, 15) is 18.0 Å². The standard InChI is InChI=1S/C9H4F3N5OS/c10-9(11,12)5-1-2-14-8(15-5)16-7-4(3-13)6(18)17-19-7/h1-2H,(H,17,18)(H,14,15,16). The molecule has 2 aromatic heterocycles. The third-order valence-electron chi connectivity index (χ3n) is 1.98. The molecule has 0 bridgehead atoms. The Balaban J connectivity index is 2.35. The van der Waals surface area contributed by atoms with Gasteiger partial charge in [-0.2, -0.15) is 18.4 Å². The molecule has 0 amide bonds. The summed E-state index contributed by atoms with van der Waals surface area (Å²) >= 11 is 0.777. The van der Waals surface area contributed by atoms with Gasteiger partial charge in [-0.15, -0.1) is 0 Å². The molecule has 2 aromatic rings. The highest BCUT2D eigenvalue weighted by Crippen LogP contribution is 2.28. The Morgan fingerprint density at radius 1 is 1.47 bits per heavy atom. The minimum absolute atomic E-state index is 0.0619. The van der Waals surface area contributed by atoms with Crippen LogP contribution in [0.3, 0.4) is 0 Å². The number of alkyl halides is 3. The molecule has 10 heteroatoms. The average molecular weight is 287 g/mol. The zero-order valence-corrected chi connectivity index (χ0v) is 9.76. The van der Waals surface area contributed by atoms with Crippen molar-refractivity contribution in [3.8, 4) is 6.07 Å². The van der Waals surface area contributed by atoms with Crippen LogP contribution in [0.2, 0.25) is 0 Å². The van der Waals surface area contributed by atoms with Crippen LogP contribution in [0.4, 0.5) is 24.1 Å². The monoisotopic (exact) mass is 287 g/mol. The molecule has 6 nitrogen and oxygen atoms in total. The lowest BCUT2D eigenvalue weighted by Crippen LogP contribution is -2.10. The molecule has 0 aliphatic carbocycles. The molecule has 0 atom stereocenters. The fourth-order valence-electron chi connectivity index (χ4n) is 1.17. The number of hydrogen-bond acceptors (Lipinski definition) is 6. The van der Waals surface area contributed by atoms with Gasteiger partial charge in [0.05, 0.1) is 0 Å². The summed E-state index contributed by atoms with van der Waals surface area (Å²) < 4.78 is 39.6. The molecule has 0 saturated heterocycles. The summed E-state index contributed by atoms with van der Waals surface area (Å²) in [6.07, 6.45) is -3.66. The van der Waals surface area contributed by atoms with Gasteiger partial charge in [-0.05, 0) is 17.6 Å². The summed E-state index contributed by atoms with van der Waals surface area (Å²) in [6, 6.07) is 2.35. The zero-order valence-electron chi connectivity index (χ0n) is 8.95. The Hall–Kier alpha value is -2.41. The van der Waals surface area contributed by atoms with E-state index in [-0.39, 0.29) is 16.5 Å². The van der Waals surface area contributed by atoms with Crippen molar-refractivity contribution in [3.05, 3.63) is 33.9 Å². The fourth-order valence-corrected chi connectivity index (χ4v) is 1.85. The first-order chi connectivity index (χ1) is 8.91. The summed E-state index contributed by atoms with van der Waals surface area (Å²) in [4.78, 5) is 18.0. The second-order valence-corrected chi connectivity index (χ2v) is 4.05. The van der Waals surface area contributed by atoms with Crippen molar-refractivity contribution in [1.82, 2.24) is 14.3 Å². The highest BCUT2D eigenvalue weighted by atomic mass is 32.1. The number of nitrogens with one attached hydrogen (secondary N) is 2. The van der Waals surface area contributed by atoms with Crippen molar-refractivity contribution < 1.29 is 13.2 Å². The summed E-state index contributed by atoms with van der Waals surface area (Å²) in [5.74, 6) is -0.346. The van der Waals surface area contributed by atoms with E-state index in [0.717, 1.165) is 23.8 Å². The Kier molecular flexibility index (Phi) is 3.22. The van der Waals surface area contributed by atoms with Crippen LogP contribution in [0.1, 0.15) is 11.3 Å². The first kappa shape index (κ1) is 13.0. The molecular formula is C9H4F3N5OS. The molecule has 0 radical (unpaired) electrons. The highest BCUT2D eigenvalue weighted by molar-refractivity contribution is 7.10. The maximum Gasteiger partial charge on any atom is 0.433 e. The van der Waals surface area contributed by atoms with Crippen LogP contribution in [0.5, 0.6) is 0 Å². The largest absolute Gasteiger partial charge is 0.433 e. The topological polar surface area (TPSA) is 94.5 Å². The van der Waals surface area contributed by atoms with Crippen molar-refractivity contribution in [2.45, 2.75) is 6.18 Å². The van der Waals surface area contributed by atoms with Crippen molar-refractivity contribution in [1.29, 1.82) is 5.26 Å². The number of nitrogens with zero attached hydrogens (tertiary/aromatic N) is 3. The molecule has 2 rings (SSSR count). The van der Waals surface area contributed by atoms with Gasteiger partial charge in [-0.3, -0.25) is 9.17 Å². The molecule has 0 fully saturated rings. The zero-order chi connectivity index (χ0) is 14.0. The minimum Gasteiger partial charge on any atom is -0.313 e. The molecule has 0 spiro atoms. The number of halogens is 3. The lowest BCUT2D eigenvalue weighted by molar-refractivity contribution is -0.141. The molecule has 19 heavy (non-hydrogen) atoms. The predicted octanol–water partition coefficient (Wildman–Crippen LogP) is 1.86. The van der Waals surface area contributed by atoms with Gasteiger partial charge in [0.25, 0.3) is 5.56 Å². The van der Waals surface area contributed by atoms with Crippen molar-refractivity contribution in [2.24, 2.45) is 0 Å². The smallest absolute Gasteiger partial charge is 0.313 e. The molecule has 0 aliphatic rings. The number of H-pyrrole nitrogens is 1. The Bertz CT molecular complexity index is 699. The average Bonchev–Trinajstić information content (AvgIpc) is 2.69.